The molecule has 1 aromatic carbocycles. The average molecular weight is 260 g/mol. The van der Waals surface area contributed by atoms with E-state index in [9.17, 15) is 5.11 Å². The van der Waals surface area contributed by atoms with Crippen LogP contribution >= 0.6 is 0 Å². The molecule has 0 amide bonds. The Hall–Kier alpha value is -0.980. The molecule has 0 bridgehead atoms. The molecule has 1 saturated carbocycles. The summed E-state index contributed by atoms with van der Waals surface area (Å²) in [6, 6.07) is 4.39. The van der Waals surface area contributed by atoms with Crippen molar-refractivity contribution < 1.29 is 5.11 Å². The molecule has 19 heavy (non-hydrogen) atoms. The first-order chi connectivity index (χ1) is 9.22. The summed E-state index contributed by atoms with van der Waals surface area (Å²) in [4.78, 5) is 0. The maximum atomic E-state index is 10.6. The Morgan fingerprint density at radius 1 is 1.11 bits per heavy atom. The molecule has 1 N–H and O–H groups in total. The standard InChI is InChI=1S/C18H28O/c1-3-4-6-11-16-12-14(2)13-17(18(16)19)15-9-7-5-8-10-15/h12-13,15,19H,3-11H2,1-2H3. The molecule has 0 aliphatic heterocycles. The van der Waals surface area contributed by atoms with E-state index in [0.29, 0.717) is 11.7 Å². The first-order valence-electron chi connectivity index (χ1n) is 8.04. The van der Waals surface area contributed by atoms with Crippen molar-refractivity contribution in [3.63, 3.8) is 0 Å². The zero-order valence-corrected chi connectivity index (χ0v) is 12.5. The fraction of sp³-hybridized carbons (Fsp3) is 0.667. The lowest BCUT2D eigenvalue weighted by Gasteiger charge is -2.24. The van der Waals surface area contributed by atoms with Gasteiger partial charge in [0.05, 0.1) is 0 Å². The van der Waals surface area contributed by atoms with Gasteiger partial charge in [-0.3, -0.25) is 0 Å². The first kappa shape index (κ1) is 14.4. The van der Waals surface area contributed by atoms with E-state index >= 15 is 0 Å². The largest absolute Gasteiger partial charge is 0.507 e. The minimum Gasteiger partial charge on any atom is -0.507 e. The molecule has 1 aromatic rings. The predicted octanol–water partition coefficient (Wildman–Crippen LogP) is 5.48. The fourth-order valence-corrected chi connectivity index (χ4v) is 3.36. The van der Waals surface area contributed by atoms with E-state index in [1.807, 2.05) is 0 Å². The molecule has 106 valence electrons. The third-order valence-electron chi connectivity index (χ3n) is 4.46. The second-order valence-corrected chi connectivity index (χ2v) is 6.15. The lowest BCUT2D eigenvalue weighted by atomic mass is 9.82. The summed E-state index contributed by atoms with van der Waals surface area (Å²) >= 11 is 0. The number of unbranched alkanes of at least 4 members (excludes halogenated alkanes) is 2. The van der Waals surface area contributed by atoms with Gasteiger partial charge in [-0.15, -0.1) is 0 Å². The number of rotatable bonds is 5. The van der Waals surface area contributed by atoms with Crippen molar-refractivity contribution in [1.82, 2.24) is 0 Å². The number of aromatic hydroxyl groups is 1. The van der Waals surface area contributed by atoms with E-state index in [-0.39, 0.29) is 0 Å². The molecule has 0 spiro atoms. The molecular weight excluding hydrogens is 232 g/mol. The summed E-state index contributed by atoms with van der Waals surface area (Å²) in [7, 11) is 0. The minimum atomic E-state index is 0.596. The maximum Gasteiger partial charge on any atom is 0.122 e. The van der Waals surface area contributed by atoms with Gasteiger partial charge in [-0.05, 0) is 49.7 Å². The van der Waals surface area contributed by atoms with Crippen LogP contribution in [0.1, 0.15) is 80.9 Å². The van der Waals surface area contributed by atoms with Gasteiger partial charge in [0.2, 0.25) is 0 Å². The highest BCUT2D eigenvalue weighted by Crippen LogP contribution is 2.39. The van der Waals surface area contributed by atoms with Gasteiger partial charge in [-0.1, -0.05) is 56.7 Å². The van der Waals surface area contributed by atoms with E-state index in [2.05, 4.69) is 26.0 Å². The lowest BCUT2D eigenvalue weighted by molar-refractivity contribution is 0.410. The summed E-state index contributed by atoms with van der Waals surface area (Å²) in [5.74, 6) is 1.20. The van der Waals surface area contributed by atoms with Crippen LogP contribution in [0.3, 0.4) is 0 Å². The fourth-order valence-electron chi connectivity index (χ4n) is 3.36. The lowest BCUT2D eigenvalue weighted by Crippen LogP contribution is -2.06. The van der Waals surface area contributed by atoms with Crippen molar-refractivity contribution in [1.29, 1.82) is 0 Å². The number of hydrogen-bond donors (Lipinski definition) is 1. The zero-order valence-electron chi connectivity index (χ0n) is 12.5. The van der Waals surface area contributed by atoms with E-state index in [0.717, 1.165) is 6.42 Å². The molecule has 0 saturated heterocycles. The summed E-state index contributed by atoms with van der Waals surface area (Å²) in [6.07, 6.45) is 11.2. The Labute approximate surface area is 118 Å². The molecule has 1 heteroatoms. The second kappa shape index (κ2) is 6.98. The van der Waals surface area contributed by atoms with E-state index in [1.165, 1.54) is 68.1 Å². The van der Waals surface area contributed by atoms with Gasteiger partial charge < -0.3 is 5.11 Å². The molecule has 1 aliphatic carbocycles. The van der Waals surface area contributed by atoms with E-state index in [4.69, 9.17) is 0 Å². The van der Waals surface area contributed by atoms with Crippen LogP contribution in [-0.4, -0.2) is 5.11 Å². The molecule has 1 nitrogen and oxygen atoms in total. The predicted molar refractivity (Wildman–Crippen MR) is 81.9 cm³/mol. The number of benzene rings is 1. The highest BCUT2D eigenvalue weighted by molar-refractivity contribution is 5.45. The van der Waals surface area contributed by atoms with Crippen LogP contribution < -0.4 is 0 Å². The molecule has 0 aromatic heterocycles. The van der Waals surface area contributed by atoms with Gasteiger partial charge >= 0.3 is 0 Å². The van der Waals surface area contributed by atoms with Crippen molar-refractivity contribution in [2.24, 2.45) is 0 Å². The Morgan fingerprint density at radius 3 is 2.53 bits per heavy atom. The van der Waals surface area contributed by atoms with Crippen molar-refractivity contribution in [3.8, 4) is 5.75 Å². The monoisotopic (exact) mass is 260 g/mol. The smallest absolute Gasteiger partial charge is 0.122 e. The van der Waals surface area contributed by atoms with E-state index in [1.54, 1.807) is 0 Å². The molecule has 0 radical (unpaired) electrons. The highest BCUT2D eigenvalue weighted by Gasteiger charge is 2.20. The Balaban J connectivity index is 2.17. The van der Waals surface area contributed by atoms with Gasteiger partial charge in [0, 0.05) is 0 Å². The molecule has 0 heterocycles. The molecule has 0 atom stereocenters. The quantitative estimate of drug-likeness (QED) is 0.695. The topological polar surface area (TPSA) is 20.2 Å². The molecule has 1 aliphatic rings. The minimum absolute atomic E-state index is 0.596. The van der Waals surface area contributed by atoms with Crippen molar-refractivity contribution in [3.05, 3.63) is 28.8 Å². The molecule has 0 unspecified atom stereocenters. The van der Waals surface area contributed by atoms with Crippen molar-refractivity contribution in [2.75, 3.05) is 0 Å². The summed E-state index contributed by atoms with van der Waals surface area (Å²) in [5.41, 5.74) is 3.71. The Morgan fingerprint density at radius 2 is 1.84 bits per heavy atom. The van der Waals surface area contributed by atoms with Crippen LogP contribution in [0.4, 0.5) is 0 Å². The number of aryl methyl sites for hydroxylation is 2. The molecular formula is C18H28O. The van der Waals surface area contributed by atoms with Gasteiger partial charge in [0.25, 0.3) is 0 Å². The van der Waals surface area contributed by atoms with Crippen molar-refractivity contribution in [2.45, 2.75) is 77.6 Å². The third kappa shape index (κ3) is 3.75. The summed E-state index contributed by atoms with van der Waals surface area (Å²) in [5, 5.41) is 10.6. The van der Waals surface area contributed by atoms with Gasteiger partial charge in [-0.25, -0.2) is 0 Å². The van der Waals surface area contributed by atoms with Crippen molar-refractivity contribution >= 4 is 0 Å². The van der Waals surface area contributed by atoms with Crippen LogP contribution in [-0.2, 0) is 6.42 Å². The molecule has 1 fully saturated rings. The molecule has 2 rings (SSSR count). The van der Waals surface area contributed by atoms with Crippen LogP contribution in [0.5, 0.6) is 5.75 Å². The summed E-state index contributed by atoms with van der Waals surface area (Å²) in [6.45, 7) is 4.39. The van der Waals surface area contributed by atoms with E-state index < -0.39 is 0 Å². The average Bonchev–Trinajstić information content (AvgIpc) is 2.43. The zero-order chi connectivity index (χ0) is 13.7. The number of phenolic OH excluding ortho intramolecular Hbond substituents is 1. The highest BCUT2D eigenvalue weighted by atomic mass is 16.3. The number of hydrogen-bond acceptors (Lipinski definition) is 1. The van der Waals surface area contributed by atoms with Gasteiger partial charge in [0.1, 0.15) is 5.75 Å². The SMILES string of the molecule is CCCCCc1cc(C)cc(C2CCCCC2)c1O. The van der Waals surface area contributed by atoms with Crippen LogP contribution in [0.2, 0.25) is 0 Å². The number of phenols is 1. The summed E-state index contributed by atoms with van der Waals surface area (Å²) < 4.78 is 0. The Kier molecular flexibility index (Phi) is 5.30. The van der Waals surface area contributed by atoms with Crippen LogP contribution in [0.25, 0.3) is 0 Å². The third-order valence-corrected chi connectivity index (χ3v) is 4.46. The van der Waals surface area contributed by atoms with Gasteiger partial charge in [0.15, 0.2) is 0 Å². The first-order valence-corrected chi connectivity index (χ1v) is 8.04. The van der Waals surface area contributed by atoms with Crippen LogP contribution in [0, 0.1) is 6.92 Å². The Bertz CT molecular complexity index is 402. The second-order valence-electron chi connectivity index (χ2n) is 6.15. The normalized spacial score (nSPS) is 16.7. The van der Waals surface area contributed by atoms with Gasteiger partial charge in [-0.2, -0.15) is 0 Å². The maximum absolute atomic E-state index is 10.6. The van der Waals surface area contributed by atoms with Crippen LogP contribution in [0.15, 0.2) is 12.1 Å².